The van der Waals surface area contributed by atoms with E-state index in [-0.39, 0.29) is 30.9 Å². The van der Waals surface area contributed by atoms with Gasteiger partial charge in [-0.1, -0.05) is 25.1 Å². The highest BCUT2D eigenvalue weighted by Gasteiger charge is 2.37. The standard InChI is InChI=1S/C18H21NO5/c1-11(18(21)22)9-19(12-7-8-12)17(20)16-14(10-23-2)13-5-3-4-6-15(13)24-16/h3-6,11-12H,7-10H2,1-2H3,(H,21,22). The first kappa shape index (κ1) is 16.5. The minimum Gasteiger partial charge on any atom is -0.481 e. The number of para-hydroxylation sites is 1. The molecule has 1 atom stereocenters. The van der Waals surface area contributed by atoms with Crippen LogP contribution in [0.5, 0.6) is 0 Å². The summed E-state index contributed by atoms with van der Waals surface area (Å²) in [7, 11) is 1.57. The van der Waals surface area contributed by atoms with Gasteiger partial charge in [0.25, 0.3) is 5.91 Å². The number of ether oxygens (including phenoxy) is 1. The number of carboxylic acids is 1. The Kier molecular flexibility index (Phi) is 4.57. The summed E-state index contributed by atoms with van der Waals surface area (Å²) in [4.78, 5) is 25.8. The zero-order valence-corrected chi connectivity index (χ0v) is 13.8. The molecule has 1 aliphatic carbocycles. The van der Waals surface area contributed by atoms with Crippen molar-refractivity contribution in [3.8, 4) is 0 Å². The lowest BCUT2D eigenvalue weighted by Crippen LogP contribution is -2.38. The van der Waals surface area contributed by atoms with Crippen LogP contribution in [-0.2, 0) is 16.1 Å². The van der Waals surface area contributed by atoms with E-state index in [0.29, 0.717) is 11.1 Å². The third-order valence-electron chi connectivity index (χ3n) is 4.32. The van der Waals surface area contributed by atoms with Gasteiger partial charge in [0.2, 0.25) is 0 Å². The van der Waals surface area contributed by atoms with E-state index in [4.69, 9.17) is 14.3 Å². The largest absolute Gasteiger partial charge is 0.481 e. The van der Waals surface area contributed by atoms with Crippen LogP contribution in [0.3, 0.4) is 0 Å². The highest BCUT2D eigenvalue weighted by Crippen LogP contribution is 2.33. The maximum Gasteiger partial charge on any atom is 0.308 e. The second kappa shape index (κ2) is 6.65. The molecule has 1 aromatic carbocycles. The Balaban J connectivity index is 1.96. The fourth-order valence-electron chi connectivity index (χ4n) is 2.85. The molecule has 6 heteroatoms. The molecule has 0 saturated heterocycles. The van der Waals surface area contributed by atoms with Crippen molar-refractivity contribution >= 4 is 22.8 Å². The number of carbonyl (C=O) groups excluding carboxylic acids is 1. The number of aliphatic carboxylic acids is 1. The third kappa shape index (κ3) is 3.14. The Morgan fingerprint density at radius 2 is 2.08 bits per heavy atom. The first-order valence-corrected chi connectivity index (χ1v) is 8.06. The van der Waals surface area contributed by atoms with Gasteiger partial charge in [0.05, 0.1) is 12.5 Å². The highest BCUT2D eigenvalue weighted by atomic mass is 16.5. The first-order chi connectivity index (χ1) is 11.5. The molecule has 1 heterocycles. The molecule has 1 aromatic heterocycles. The molecule has 1 saturated carbocycles. The van der Waals surface area contributed by atoms with E-state index in [1.807, 2.05) is 24.3 Å². The van der Waals surface area contributed by atoms with Crippen LogP contribution in [0, 0.1) is 5.92 Å². The van der Waals surface area contributed by atoms with Crippen LogP contribution in [0.4, 0.5) is 0 Å². The zero-order chi connectivity index (χ0) is 17.3. The molecule has 24 heavy (non-hydrogen) atoms. The Morgan fingerprint density at radius 1 is 1.38 bits per heavy atom. The van der Waals surface area contributed by atoms with Crippen LogP contribution in [0.25, 0.3) is 11.0 Å². The number of furan rings is 1. The summed E-state index contributed by atoms with van der Waals surface area (Å²) >= 11 is 0. The van der Waals surface area contributed by atoms with Gasteiger partial charge in [0.1, 0.15) is 5.58 Å². The highest BCUT2D eigenvalue weighted by molar-refractivity contribution is 5.99. The summed E-state index contributed by atoms with van der Waals surface area (Å²) in [6.45, 7) is 2.06. The SMILES string of the molecule is COCc1c(C(=O)N(CC(C)C(=O)O)C2CC2)oc2ccccc12. The van der Waals surface area contributed by atoms with Crippen molar-refractivity contribution in [2.24, 2.45) is 5.92 Å². The number of hydrogen-bond acceptors (Lipinski definition) is 4. The maximum atomic E-state index is 13.0. The molecule has 128 valence electrons. The topological polar surface area (TPSA) is 80.0 Å². The van der Waals surface area contributed by atoms with Gasteiger partial charge in [-0.2, -0.15) is 0 Å². The van der Waals surface area contributed by atoms with E-state index in [1.165, 1.54) is 0 Å². The summed E-state index contributed by atoms with van der Waals surface area (Å²) in [5, 5.41) is 10.0. The van der Waals surface area contributed by atoms with Gasteiger partial charge in [-0.15, -0.1) is 0 Å². The van der Waals surface area contributed by atoms with Crippen molar-refractivity contribution in [2.75, 3.05) is 13.7 Å². The molecular formula is C18H21NO5. The fraction of sp³-hybridized carbons (Fsp3) is 0.444. The van der Waals surface area contributed by atoms with Gasteiger partial charge in [-0.25, -0.2) is 0 Å². The number of benzene rings is 1. The number of carbonyl (C=O) groups is 2. The monoisotopic (exact) mass is 331 g/mol. The van der Waals surface area contributed by atoms with Crippen molar-refractivity contribution in [1.29, 1.82) is 0 Å². The molecule has 1 N–H and O–H groups in total. The van der Waals surface area contributed by atoms with Crippen molar-refractivity contribution in [1.82, 2.24) is 4.90 Å². The van der Waals surface area contributed by atoms with Crippen LogP contribution in [0.15, 0.2) is 28.7 Å². The molecular weight excluding hydrogens is 310 g/mol. The first-order valence-electron chi connectivity index (χ1n) is 8.06. The number of rotatable bonds is 7. The molecule has 3 rings (SSSR count). The number of fused-ring (bicyclic) bond motifs is 1. The Hall–Kier alpha value is -2.34. The number of carboxylic acid groups (broad SMARTS) is 1. The Bertz CT molecular complexity index is 762. The van der Waals surface area contributed by atoms with Crippen molar-refractivity contribution in [3.63, 3.8) is 0 Å². The maximum absolute atomic E-state index is 13.0. The third-order valence-corrected chi connectivity index (χ3v) is 4.32. The van der Waals surface area contributed by atoms with Gasteiger partial charge < -0.3 is 19.2 Å². The van der Waals surface area contributed by atoms with Gasteiger partial charge in [-0.3, -0.25) is 9.59 Å². The van der Waals surface area contributed by atoms with Crippen LogP contribution in [0.2, 0.25) is 0 Å². The average molecular weight is 331 g/mol. The summed E-state index contributed by atoms with van der Waals surface area (Å²) in [5.41, 5.74) is 1.35. The van der Waals surface area contributed by atoms with Gasteiger partial charge in [0, 0.05) is 30.6 Å². The van der Waals surface area contributed by atoms with Gasteiger partial charge in [0.15, 0.2) is 5.76 Å². The second-order valence-corrected chi connectivity index (χ2v) is 6.27. The second-order valence-electron chi connectivity index (χ2n) is 6.27. The lowest BCUT2D eigenvalue weighted by molar-refractivity contribution is -0.141. The number of nitrogens with zero attached hydrogens (tertiary/aromatic N) is 1. The Morgan fingerprint density at radius 3 is 2.71 bits per heavy atom. The quantitative estimate of drug-likeness (QED) is 0.844. The van der Waals surface area contributed by atoms with E-state index in [1.54, 1.807) is 18.9 Å². The number of amides is 1. The molecule has 0 bridgehead atoms. The van der Waals surface area contributed by atoms with Crippen LogP contribution in [-0.4, -0.2) is 41.6 Å². The molecule has 1 unspecified atom stereocenters. The molecule has 6 nitrogen and oxygen atoms in total. The molecule has 2 aromatic rings. The number of hydrogen-bond donors (Lipinski definition) is 1. The smallest absolute Gasteiger partial charge is 0.308 e. The molecule has 0 aliphatic heterocycles. The molecule has 0 spiro atoms. The lowest BCUT2D eigenvalue weighted by atomic mass is 10.1. The van der Waals surface area contributed by atoms with Gasteiger partial charge in [-0.05, 0) is 18.9 Å². The van der Waals surface area contributed by atoms with Crippen molar-refractivity contribution in [3.05, 3.63) is 35.6 Å². The molecule has 0 radical (unpaired) electrons. The molecule has 1 aliphatic rings. The summed E-state index contributed by atoms with van der Waals surface area (Å²) in [6.07, 6.45) is 1.80. The summed E-state index contributed by atoms with van der Waals surface area (Å²) < 4.78 is 11.0. The van der Waals surface area contributed by atoms with E-state index >= 15 is 0 Å². The van der Waals surface area contributed by atoms with E-state index in [9.17, 15) is 9.59 Å². The van der Waals surface area contributed by atoms with Gasteiger partial charge >= 0.3 is 5.97 Å². The van der Waals surface area contributed by atoms with Crippen LogP contribution in [0.1, 0.15) is 35.9 Å². The predicted molar refractivity (Wildman–Crippen MR) is 87.8 cm³/mol. The van der Waals surface area contributed by atoms with E-state index in [0.717, 1.165) is 18.2 Å². The fourth-order valence-corrected chi connectivity index (χ4v) is 2.85. The van der Waals surface area contributed by atoms with E-state index < -0.39 is 11.9 Å². The zero-order valence-electron chi connectivity index (χ0n) is 13.8. The molecule has 1 amide bonds. The summed E-state index contributed by atoms with van der Waals surface area (Å²) in [6, 6.07) is 7.54. The minimum absolute atomic E-state index is 0.0999. The predicted octanol–water partition coefficient (Wildman–Crippen LogP) is 2.90. The minimum atomic E-state index is -0.907. The average Bonchev–Trinajstić information content (AvgIpc) is 3.34. The number of methoxy groups -OCH3 is 1. The van der Waals surface area contributed by atoms with E-state index in [2.05, 4.69) is 0 Å². The Labute approximate surface area is 140 Å². The molecule has 1 fully saturated rings. The normalized spacial score (nSPS) is 15.4. The van der Waals surface area contributed by atoms with Crippen LogP contribution < -0.4 is 0 Å². The summed E-state index contributed by atoms with van der Waals surface area (Å²) in [5.74, 6) is -1.53. The van der Waals surface area contributed by atoms with Crippen molar-refractivity contribution in [2.45, 2.75) is 32.4 Å². The lowest BCUT2D eigenvalue weighted by Gasteiger charge is -2.23. The van der Waals surface area contributed by atoms with Crippen molar-refractivity contribution < 1.29 is 23.8 Å². The van der Waals surface area contributed by atoms with Crippen LogP contribution >= 0.6 is 0 Å².